The summed E-state index contributed by atoms with van der Waals surface area (Å²) in [6.45, 7) is 7.80. The minimum atomic E-state index is -0.594. The first kappa shape index (κ1) is 18.2. The van der Waals surface area contributed by atoms with Crippen molar-refractivity contribution in [2.75, 3.05) is 12.3 Å². The van der Waals surface area contributed by atoms with Gasteiger partial charge in [0.2, 0.25) is 0 Å². The van der Waals surface area contributed by atoms with E-state index >= 15 is 0 Å². The van der Waals surface area contributed by atoms with Crippen LogP contribution in [0.1, 0.15) is 78.6 Å². The average molecular weight is 302 g/mol. The fourth-order valence-electron chi connectivity index (χ4n) is 3.34. The molecule has 3 heteroatoms. The second kappa shape index (κ2) is 10.8. The number of rotatable bonds is 10. The summed E-state index contributed by atoms with van der Waals surface area (Å²) in [6, 6.07) is 0.618. The first-order chi connectivity index (χ1) is 9.71. The largest absolute Gasteiger partial charge is 0.314 e. The Balaban J connectivity index is 2.21. The molecular weight excluding hydrogens is 266 g/mol. The van der Waals surface area contributed by atoms with Crippen molar-refractivity contribution in [1.29, 1.82) is 0 Å². The Kier molecular flexibility index (Phi) is 9.79. The van der Waals surface area contributed by atoms with Gasteiger partial charge < -0.3 is 5.32 Å². The van der Waals surface area contributed by atoms with Crippen LogP contribution in [0.4, 0.5) is 0 Å². The van der Waals surface area contributed by atoms with E-state index in [-0.39, 0.29) is 0 Å². The van der Waals surface area contributed by atoms with Crippen LogP contribution in [0.2, 0.25) is 0 Å². The lowest BCUT2D eigenvalue weighted by atomic mass is 9.93. The quantitative estimate of drug-likeness (QED) is 0.653. The smallest absolute Gasteiger partial charge is 0.0362 e. The van der Waals surface area contributed by atoms with Crippen LogP contribution in [-0.2, 0) is 10.8 Å². The van der Waals surface area contributed by atoms with Gasteiger partial charge in [-0.3, -0.25) is 4.21 Å². The molecule has 120 valence electrons. The van der Waals surface area contributed by atoms with Crippen molar-refractivity contribution in [3.8, 4) is 0 Å². The molecule has 0 aromatic rings. The zero-order valence-corrected chi connectivity index (χ0v) is 14.6. The molecule has 1 N–H and O–H groups in total. The SMILES string of the molecule is CCCC[C@H](CC)CCN[C@@H]1CCC[C@@H]([S@@](=O)CC)C1. The van der Waals surface area contributed by atoms with Gasteiger partial charge in [0.1, 0.15) is 0 Å². The van der Waals surface area contributed by atoms with Gasteiger partial charge in [0.15, 0.2) is 0 Å². The molecule has 0 amide bonds. The van der Waals surface area contributed by atoms with Crippen LogP contribution < -0.4 is 5.32 Å². The number of hydrogen-bond donors (Lipinski definition) is 1. The third-order valence-electron chi connectivity index (χ3n) is 4.81. The van der Waals surface area contributed by atoms with E-state index in [1.165, 1.54) is 51.4 Å². The molecule has 1 aliphatic rings. The molecule has 2 nitrogen and oxygen atoms in total. The monoisotopic (exact) mass is 301 g/mol. The van der Waals surface area contributed by atoms with E-state index in [1.54, 1.807) is 0 Å². The van der Waals surface area contributed by atoms with Crippen molar-refractivity contribution < 1.29 is 4.21 Å². The van der Waals surface area contributed by atoms with E-state index < -0.39 is 10.8 Å². The predicted molar refractivity (Wildman–Crippen MR) is 90.7 cm³/mol. The Morgan fingerprint density at radius 1 is 1.20 bits per heavy atom. The summed E-state index contributed by atoms with van der Waals surface area (Å²) < 4.78 is 11.9. The fourth-order valence-corrected chi connectivity index (χ4v) is 4.69. The van der Waals surface area contributed by atoms with Gasteiger partial charge in [-0.2, -0.15) is 0 Å². The maximum Gasteiger partial charge on any atom is 0.0362 e. The average Bonchev–Trinajstić information content (AvgIpc) is 2.50. The van der Waals surface area contributed by atoms with Crippen LogP contribution in [0.3, 0.4) is 0 Å². The van der Waals surface area contributed by atoms with Gasteiger partial charge in [-0.25, -0.2) is 0 Å². The second-order valence-electron chi connectivity index (χ2n) is 6.31. The molecule has 0 bridgehead atoms. The summed E-state index contributed by atoms with van der Waals surface area (Å²) in [5.41, 5.74) is 0. The molecule has 20 heavy (non-hydrogen) atoms. The Labute approximate surface area is 128 Å². The van der Waals surface area contributed by atoms with Crippen molar-refractivity contribution in [1.82, 2.24) is 5.32 Å². The van der Waals surface area contributed by atoms with E-state index in [2.05, 4.69) is 19.2 Å². The number of hydrogen-bond acceptors (Lipinski definition) is 2. The Morgan fingerprint density at radius 3 is 2.65 bits per heavy atom. The van der Waals surface area contributed by atoms with E-state index in [0.29, 0.717) is 11.3 Å². The summed E-state index contributed by atoms with van der Waals surface area (Å²) in [7, 11) is -0.594. The highest BCUT2D eigenvalue weighted by Gasteiger charge is 2.25. The van der Waals surface area contributed by atoms with E-state index in [9.17, 15) is 4.21 Å². The molecule has 0 spiro atoms. The third kappa shape index (κ3) is 6.71. The van der Waals surface area contributed by atoms with Gasteiger partial charge in [-0.15, -0.1) is 0 Å². The van der Waals surface area contributed by atoms with Crippen LogP contribution in [0.5, 0.6) is 0 Å². The normalized spacial score (nSPS) is 26.4. The van der Waals surface area contributed by atoms with Crippen molar-refractivity contribution in [2.24, 2.45) is 5.92 Å². The van der Waals surface area contributed by atoms with Gasteiger partial charge in [0.25, 0.3) is 0 Å². The summed E-state index contributed by atoms with van der Waals surface area (Å²) >= 11 is 0. The second-order valence-corrected chi connectivity index (χ2v) is 8.32. The molecule has 1 saturated carbocycles. The zero-order valence-electron chi connectivity index (χ0n) is 13.8. The molecular formula is C17H35NOS. The zero-order chi connectivity index (χ0) is 14.8. The van der Waals surface area contributed by atoms with Crippen molar-refractivity contribution in [3.05, 3.63) is 0 Å². The molecule has 1 rings (SSSR count). The highest BCUT2D eigenvalue weighted by Crippen LogP contribution is 2.23. The van der Waals surface area contributed by atoms with Gasteiger partial charge >= 0.3 is 0 Å². The van der Waals surface area contributed by atoms with Gasteiger partial charge in [0.05, 0.1) is 0 Å². The molecule has 0 aromatic heterocycles. The van der Waals surface area contributed by atoms with Crippen LogP contribution in [0.15, 0.2) is 0 Å². The number of unbranched alkanes of at least 4 members (excludes halogenated alkanes) is 1. The lowest BCUT2D eigenvalue weighted by molar-refractivity contribution is 0.347. The molecule has 4 atom stereocenters. The molecule has 1 fully saturated rings. The van der Waals surface area contributed by atoms with Crippen molar-refractivity contribution in [3.63, 3.8) is 0 Å². The van der Waals surface area contributed by atoms with Crippen LogP contribution in [0, 0.1) is 5.92 Å². The highest BCUT2D eigenvalue weighted by atomic mass is 32.2. The Hall–Kier alpha value is 0.110. The lowest BCUT2D eigenvalue weighted by Gasteiger charge is -2.29. The van der Waals surface area contributed by atoms with Crippen LogP contribution >= 0.6 is 0 Å². The first-order valence-electron chi connectivity index (χ1n) is 8.81. The highest BCUT2D eigenvalue weighted by molar-refractivity contribution is 7.85. The predicted octanol–water partition coefficient (Wildman–Crippen LogP) is 4.26. The van der Waals surface area contributed by atoms with E-state index in [0.717, 1.165) is 24.6 Å². The molecule has 0 aromatic carbocycles. The molecule has 0 radical (unpaired) electrons. The van der Waals surface area contributed by atoms with Gasteiger partial charge in [-0.05, 0) is 38.1 Å². The minimum Gasteiger partial charge on any atom is -0.314 e. The first-order valence-corrected chi connectivity index (χ1v) is 10.2. The fraction of sp³-hybridized carbons (Fsp3) is 1.00. The summed E-state index contributed by atoms with van der Waals surface area (Å²) in [6.07, 6.45) is 11.5. The number of nitrogens with one attached hydrogen (secondary N) is 1. The lowest BCUT2D eigenvalue weighted by Crippen LogP contribution is -2.38. The van der Waals surface area contributed by atoms with Crippen LogP contribution in [0.25, 0.3) is 0 Å². The minimum absolute atomic E-state index is 0.452. The standard InChI is InChI=1S/C17H35NOS/c1-4-7-9-15(5-2)12-13-18-16-10-8-11-17(14-16)20(19)6-3/h15-18H,4-14H2,1-3H3/t15-,16+,17+,20-/m0/s1. The van der Waals surface area contributed by atoms with E-state index in [4.69, 9.17) is 0 Å². The summed E-state index contributed by atoms with van der Waals surface area (Å²) in [5.74, 6) is 1.72. The molecule has 1 aliphatic carbocycles. The van der Waals surface area contributed by atoms with E-state index in [1.807, 2.05) is 6.92 Å². The molecule has 0 unspecified atom stereocenters. The Morgan fingerprint density at radius 2 is 2.00 bits per heavy atom. The van der Waals surface area contributed by atoms with Crippen molar-refractivity contribution in [2.45, 2.75) is 89.9 Å². The molecule has 0 aliphatic heterocycles. The molecule has 0 saturated heterocycles. The summed E-state index contributed by atoms with van der Waals surface area (Å²) in [4.78, 5) is 0. The maximum atomic E-state index is 11.9. The topological polar surface area (TPSA) is 29.1 Å². The van der Waals surface area contributed by atoms with Crippen LogP contribution in [-0.4, -0.2) is 27.8 Å². The molecule has 0 heterocycles. The summed E-state index contributed by atoms with van der Waals surface area (Å²) in [5, 5.41) is 4.19. The third-order valence-corrected chi connectivity index (χ3v) is 6.55. The van der Waals surface area contributed by atoms with Gasteiger partial charge in [-0.1, -0.05) is 52.9 Å². The maximum absolute atomic E-state index is 11.9. The van der Waals surface area contributed by atoms with Gasteiger partial charge in [0, 0.05) is 27.8 Å². The Bertz CT molecular complexity index is 270. The van der Waals surface area contributed by atoms with Crippen molar-refractivity contribution >= 4 is 10.8 Å².